The Bertz CT molecular complexity index is 1080. The molecule has 0 bridgehead atoms. The molecular formula is C27H25FO2. The van der Waals surface area contributed by atoms with Gasteiger partial charge in [-0.25, -0.2) is 4.39 Å². The van der Waals surface area contributed by atoms with E-state index in [1.165, 1.54) is 12.1 Å². The number of ether oxygens (including phenoxy) is 2. The molecule has 1 saturated heterocycles. The first-order valence-electron chi connectivity index (χ1n) is 10.4. The van der Waals surface area contributed by atoms with Crippen LogP contribution < -0.4 is 0 Å². The third-order valence-electron chi connectivity index (χ3n) is 5.28. The molecule has 0 aliphatic carbocycles. The Morgan fingerprint density at radius 1 is 0.900 bits per heavy atom. The minimum Gasteiger partial charge on any atom is -0.348 e. The molecule has 152 valence electrons. The lowest BCUT2D eigenvalue weighted by Crippen LogP contribution is -2.27. The summed E-state index contributed by atoms with van der Waals surface area (Å²) in [7, 11) is 0. The van der Waals surface area contributed by atoms with Gasteiger partial charge in [-0.2, -0.15) is 0 Å². The van der Waals surface area contributed by atoms with Crippen molar-refractivity contribution in [3.8, 4) is 11.8 Å². The van der Waals surface area contributed by atoms with Crippen LogP contribution in [0.2, 0.25) is 0 Å². The van der Waals surface area contributed by atoms with Gasteiger partial charge in [-0.15, -0.1) is 0 Å². The van der Waals surface area contributed by atoms with Crippen LogP contribution in [-0.2, 0) is 9.47 Å². The van der Waals surface area contributed by atoms with E-state index in [4.69, 9.17) is 9.47 Å². The first kappa shape index (κ1) is 20.3. The largest absolute Gasteiger partial charge is 0.348 e. The molecule has 0 aromatic heterocycles. The normalized spacial score (nSPS) is 19.0. The summed E-state index contributed by atoms with van der Waals surface area (Å²) in [6.45, 7) is 3.51. The highest BCUT2D eigenvalue weighted by atomic mass is 19.1. The van der Waals surface area contributed by atoms with Crippen LogP contribution in [-0.4, -0.2) is 13.2 Å². The number of hydrogen-bond donors (Lipinski definition) is 0. The van der Waals surface area contributed by atoms with Gasteiger partial charge in [0.05, 0.1) is 13.2 Å². The third kappa shape index (κ3) is 5.16. The van der Waals surface area contributed by atoms with Crippen LogP contribution in [0.3, 0.4) is 0 Å². The van der Waals surface area contributed by atoms with E-state index in [9.17, 15) is 4.39 Å². The highest BCUT2D eigenvalue weighted by molar-refractivity contribution is 5.83. The zero-order chi connectivity index (χ0) is 20.8. The van der Waals surface area contributed by atoms with Gasteiger partial charge in [0, 0.05) is 22.6 Å². The van der Waals surface area contributed by atoms with E-state index < -0.39 is 0 Å². The van der Waals surface area contributed by atoms with E-state index in [0.717, 1.165) is 53.5 Å². The molecule has 1 aliphatic heterocycles. The molecule has 4 rings (SSSR count). The highest BCUT2D eigenvalue weighted by Crippen LogP contribution is 2.27. The average Bonchev–Trinajstić information content (AvgIpc) is 2.79. The van der Waals surface area contributed by atoms with Crippen LogP contribution >= 0.6 is 0 Å². The molecule has 30 heavy (non-hydrogen) atoms. The third-order valence-corrected chi connectivity index (χ3v) is 5.28. The van der Waals surface area contributed by atoms with Crippen LogP contribution in [0, 0.1) is 23.6 Å². The Kier molecular flexibility index (Phi) is 6.59. The monoisotopic (exact) mass is 400 g/mol. The lowest BCUT2D eigenvalue weighted by molar-refractivity contribution is -0.205. The van der Waals surface area contributed by atoms with E-state index >= 15 is 0 Å². The maximum absolute atomic E-state index is 13.3. The lowest BCUT2D eigenvalue weighted by atomic mass is 10.0. The number of benzene rings is 3. The molecule has 0 spiro atoms. The topological polar surface area (TPSA) is 18.5 Å². The van der Waals surface area contributed by atoms with Crippen LogP contribution in [0.5, 0.6) is 0 Å². The number of rotatable bonds is 4. The molecule has 1 aliphatic rings. The average molecular weight is 400 g/mol. The van der Waals surface area contributed by atoms with Crippen molar-refractivity contribution >= 4 is 10.8 Å². The van der Waals surface area contributed by atoms with Crippen molar-refractivity contribution in [1.29, 1.82) is 0 Å². The maximum atomic E-state index is 13.3. The zero-order valence-corrected chi connectivity index (χ0v) is 17.1. The van der Waals surface area contributed by atoms with Crippen LogP contribution in [0.25, 0.3) is 10.8 Å². The highest BCUT2D eigenvalue weighted by Gasteiger charge is 2.22. The molecule has 3 aromatic rings. The number of halogens is 1. The van der Waals surface area contributed by atoms with E-state index in [2.05, 4.69) is 24.0 Å². The van der Waals surface area contributed by atoms with Crippen LogP contribution in [0.1, 0.15) is 42.7 Å². The summed E-state index contributed by atoms with van der Waals surface area (Å²) in [6, 6.07) is 18.6. The van der Waals surface area contributed by atoms with Crippen molar-refractivity contribution in [2.75, 3.05) is 13.2 Å². The molecule has 0 N–H and O–H groups in total. The minimum atomic E-state index is -0.300. The van der Waals surface area contributed by atoms with Crippen molar-refractivity contribution in [2.45, 2.75) is 26.1 Å². The number of hydrogen-bond acceptors (Lipinski definition) is 2. The second-order valence-corrected chi connectivity index (χ2v) is 7.59. The fourth-order valence-corrected chi connectivity index (χ4v) is 3.56. The zero-order valence-electron chi connectivity index (χ0n) is 17.1. The predicted molar refractivity (Wildman–Crippen MR) is 119 cm³/mol. The van der Waals surface area contributed by atoms with Crippen LogP contribution in [0.4, 0.5) is 4.39 Å². The van der Waals surface area contributed by atoms with Crippen LogP contribution in [0.15, 0.2) is 72.8 Å². The minimum absolute atomic E-state index is 0.225. The summed E-state index contributed by atoms with van der Waals surface area (Å²) in [5.41, 5.74) is 2.85. The standard InChI is InChI=1S/C27H25FO2/c1-2-3-4-5-22-18-29-27(30-19-22)23-11-8-20(9-12-23)6-7-21-10-13-25-17-26(28)15-14-24(25)16-21/h2-3,8-17,22,27H,4-5,18-19H2,1H3/b3-2+. The van der Waals surface area contributed by atoms with Crippen molar-refractivity contribution < 1.29 is 13.9 Å². The van der Waals surface area contributed by atoms with E-state index in [0.29, 0.717) is 5.92 Å². The second-order valence-electron chi connectivity index (χ2n) is 7.59. The number of allylic oxidation sites excluding steroid dienone is 2. The van der Waals surface area contributed by atoms with E-state index in [1.807, 2.05) is 49.4 Å². The van der Waals surface area contributed by atoms with Gasteiger partial charge in [-0.3, -0.25) is 0 Å². The molecule has 0 amide bonds. The van der Waals surface area contributed by atoms with Crippen molar-refractivity contribution in [2.24, 2.45) is 5.92 Å². The maximum Gasteiger partial charge on any atom is 0.183 e. The Morgan fingerprint density at radius 3 is 2.33 bits per heavy atom. The lowest BCUT2D eigenvalue weighted by Gasteiger charge is -2.29. The predicted octanol–water partition coefficient (Wildman–Crippen LogP) is 6.40. The summed E-state index contributed by atoms with van der Waals surface area (Å²) in [5.74, 6) is 6.61. The molecule has 1 heterocycles. The molecule has 2 nitrogen and oxygen atoms in total. The Balaban J connectivity index is 1.37. The van der Waals surface area contributed by atoms with Gasteiger partial charge in [-0.05, 0) is 66.9 Å². The summed E-state index contributed by atoms with van der Waals surface area (Å²) >= 11 is 0. The van der Waals surface area contributed by atoms with Gasteiger partial charge in [0.25, 0.3) is 0 Å². The Hall–Kier alpha value is -2.93. The fraction of sp³-hybridized carbons (Fsp3) is 0.259. The van der Waals surface area contributed by atoms with Gasteiger partial charge >= 0.3 is 0 Å². The van der Waals surface area contributed by atoms with E-state index in [-0.39, 0.29) is 12.1 Å². The van der Waals surface area contributed by atoms with Gasteiger partial charge in [0.2, 0.25) is 0 Å². The smallest absolute Gasteiger partial charge is 0.183 e. The number of fused-ring (bicyclic) bond motifs is 1. The Morgan fingerprint density at radius 2 is 1.57 bits per heavy atom. The summed E-state index contributed by atoms with van der Waals surface area (Å²) in [5, 5.41) is 1.86. The summed E-state index contributed by atoms with van der Waals surface area (Å²) in [6.07, 6.45) is 6.13. The van der Waals surface area contributed by atoms with Gasteiger partial charge < -0.3 is 9.47 Å². The van der Waals surface area contributed by atoms with Gasteiger partial charge in [0.15, 0.2) is 6.29 Å². The molecular weight excluding hydrogens is 375 g/mol. The fourth-order valence-electron chi connectivity index (χ4n) is 3.56. The SMILES string of the molecule is C/C=C/CCC1COC(c2ccc(C#Cc3ccc4cc(F)ccc4c3)cc2)OC1. The van der Waals surface area contributed by atoms with E-state index in [1.54, 1.807) is 6.07 Å². The summed E-state index contributed by atoms with van der Waals surface area (Å²) in [4.78, 5) is 0. The molecule has 1 fully saturated rings. The first-order valence-corrected chi connectivity index (χ1v) is 10.4. The molecule has 3 heteroatoms. The van der Waals surface area contributed by atoms with Crippen molar-refractivity contribution in [3.05, 3.63) is 95.3 Å². The van der Waals surface area contributed by atoms with Gasteiger partial charge in [-0.1, -0.05) is 48.3 Å². The van der Waals surface area contributed by atoms with Gasteiger partial charge in [0.1, 0.15) is 5.82 Å². The van der Waals surface area contributed by atoms with Crippen molar-refractivity contribution in [1.82, 2.24) is 0 Å². The quantitative estimate of drug-likeness (QED) is 0.373. The molecule has 0 radical (unpaired) electrons. The molecule has 0 unspecified atom stereocenters. The van der Waals surface area contributed by atoms with Crippen molar-refractivity contribution in [3.63, 3.8) is 0 Å². The Labute approximate surface area is 177 Å². The molecule has 3 aromatic carbocycles. The molecule has 0 saturated carbocycles. The summed E-state index contributed by atoms with van der Waals surface area (Å²) < 4.78 is 25.1. The molecule has 0 atom stereocenters. The first-order chi connectivity index (χ1) is 14.7. The second kappa shape index (κ2) is 9.71.